The van der Waals surface area contributed by atoms with E-state index >= 15 is 0 Å². The Bertz CT molecular complexity index is 1730. The van der Waals surface area contributed by atoms with Gasteiger partial charge in [0.25, 0.3) is 11.1 Å². The summed E-state index contributed by atoms with van der Waals surface area (Å²) in [4.78, 5) is 40.6. The van der Waals surface area contributed by atoms with Gasteiger partial charge in [0.1, 0.15) is 22.0 Å². The number of aromatic nitrogens is 3. The van der Waals surface area contributed by atoms with E-state index in [0.29, 0.717) is 17.1 Å². The number of benzene rings is 2. The van der Waals surface area contributed by atoms with Crippen molar-refractivity contribution in [1.29, 1.82) is 0 Å². The van der Waals surface area contributed by atoms with Crippen LogP contribution in [0.3, 0.4) is 0 Å². The summed E-state index contributed by atoms with van der Waals surface area (Å²) in [7, 11) is 0.232. The minimum absolute atomic E-state index is 0.184. The Balaban J connectivity index is 1.86. The fourth-order valence-electron chi connectivity index (χ4n) is 4.52. The van der Waals surface area contributed by atoms with E-state index in [2.05, 4.69) is 10.0 Å². The molecule has 10 heteroatoms. The van der Waals surface area contributed by atoms with Crippen LogP contribution in [0.15, 0.2) is 62.9 Å². The van der Waals surface area contributed by atoms with Crippen LogP contribution in [0.4, 0.5) is 17.1 Å². The first-order valence-corrected chi connectivity index (χ1v) is 13.2. The normalized spacial score (nSPS) is 14.1. The quantitative estimate of drug-likeness (QED) is 0.418. The summed E-state index contributed by atoms with van der Waals surface area (Å²) in [5, 5.41) is 3.53. The second-order valence-corrected chi connectivity index (χ2v) is 10.3. The Morgan fingerprint density at radius 2 is 1.72 bits per heavy atom. The van der Waals surface area contributed by atoms with Crippen LogP contribution in [-0.2, 0) is 18.0 Å². The van der Waals surface area contributed by atoms with Gasteiger partial charge < -0.3 is 10.0 Å². The number of fused-ring (bicyclic) bond motifs is 1. The van der Waals surface area contributed by atoms with Gasteiger partial charge in [0.2, 0.25) is 0 Å². The molecule has 0 aliphatic heterocycles. The lowest BCUT2D eigenvalue weighted by Crippen LogP contribution is -2.41. The number of anilines is 3. The molecule has 1 atom stereocenters. The average Bonchev–Trinajstić information content (AvgIpc) is 3.63. The van der Waals surface area contributed by atoms with Gasteiger partial charge in [-0.05, 0) is 56.5 Å². The van der Waals surface area contributed by atoms with Gasteiger partial charge in [-0.3, -0.25) is 18.7 Å². The van der Waals surface area contributed by atoms with Crippen LogP contribution in [-0.4, -0.2) is 24.2 Å². The number of rotatable bonds is 6. The molecule has 2 N–H and O–H groups in total. The van der Waals surface area contributed by atoms with Crippen LogP contribution >= 0.6 is 0 Å². The third-order valence-corrected chi connectivity index (χ3v) is 6.90. The summed E-state index contributed by atoms with van der Waals surface area (Å²) in [6.07, 6.45) is 2.99. The summed E-state index contributed by atoms with van der Waals surface area (Å²) >= 11 is 0. The summed E-state index contributed by atoms with van der Waals surface area (Å²) in [5.41, 5.74) is 3.06. The smallest absolute Gasteiger partial charge is 0.337 e. The zero-order chi connectivity index (χ0) is 25.7. The lowest BCUT2D eigenvalue weighted by atomic mass is 10.1. The minimum Gasteiger partial charge on any atom is -0.354 e. The molecule has 2 aromatic heterocycles. The van der Waals surface area contributed by atoms with Gasteiger partial charge in [-0.25, -0.2) is 13.6 Å². The van der Waals surface area contributed by atoms with Crippen LogP contribution in [0.5, 0.6) is 0 Å². The molecule has 1 fully saturated rings. The van der Waals surface area contributed by atoms with Gasteiger partial charge in [-0.2, -0.15) is 0 Å². The molecule has 1 saturated carbocycles. The Hall–Kier alpha value is -3.92. The zero-order valence-electron chi connectivity index (χ0n) is 20.5. The van der Waals surface area contributed by atoms with E-state index in [1.165, 1.54) is 26.0 Å². The highest BCUT2D eigenvalue weighted by atomic mass is 32.2. The van der Waals surface area contributed by atoms with Crippen molar-refractivity contribution < 1.29 is 4.21 Å². The number of hydrogen-bond donors (Lipinski definition) is 2. The minimum atomic E-state index is -1.32. The van der Waals surface area contributed by atoms with E-state index in [0.717, 1.165) is 29.7 Å². The Morgan fingerprint density at radius 1 is 0.972 bits per heavy atom. The zero-order valence-corrected chi connectivity index (χ0v) is 21.3. The van der Waals surface area contributed by atoms with E-state index in [1.807, 2.05) is 32.0 Å². The number of hydrogen-bond acceptors (Lipinski definition) is 5. The van der Waals surface area contributed by atoms with Crippen molar-refractivity contribution in [3.63, 3.8) is 0 Å². The van der Waals surface area contributed by atoms with Crippen molar-refractivity contribution in [3.05, 3.63) is 90.8 Å². The Labute approximate surface area is 209 Å². The maximum Gasteiger partial charge on any atom is 0.337 e. The molecule has 186 valence electrons. The maximum atomic E-state index is 13.8. The summed E-state index contributed by atoms with van der Waals surface area (Å²) in [5.74, 6) is 0. The van der Waals surface area contributed by atoms with Crippen molar-refractivity contribution in [1.82, 2.24) is 13.7 Å². The molecule has 36 heavy (non-hydrogen) atoms. The standard InChI is InChI=1S/C26H27N5O4S/c1-15-8-11-20(16(2)12-15)27-21-14-22(32)29(3)24-23(21)25(33)31(18-9-10-18)26(34)30(24)19-7-5-6-17(13-19)28-36(4)35/h5-8,11-14,18,27-28H,9-10H2,1-4H3. The molecular weight excluding hydrogens is 478 g/mol. The molecular formula is C26H27N5O4S. The molecule has 1 aliphatic rings. The van der Waals surface area contributed by atoms with Crippen molar-refractivity contribution in [2.24, 2.45) is 7.05 Å². The topological polar surface area (TPSA) is 107 Å². The van der Waals surface area contributed by atoms with E-state index in [1.54, 1.807) is 31.3 Å². The number of pyridine rings is 1. The van der Waals surface area contributed by atoms with Crippen molar-refractivity contribution in [2.45, 2.75) is 32.7 Å². The van der Waals surface area contributed by atoms with Gasteiger partial charge in [0, 0.05) is 36.8 Å². The highest BCUT2D eigenvalue weighted by Gasteiger charge is 2.31. The molecule has 4 aromatic rings. The van der Waals surface area contributed by atoms with Crippen LogP contribution in [0, 0.1) is 13.8 Å². The lowest BCUT2D eigenvalue weighted by molar-refractivity contribution is 0.637. The highest BCUT2D eigenvalue weighted by Crippen LogP contribution is 2.34. The first-order chi connectivity index (χ1) is 17.2. The molecule has 0 bridgehead atoms. The summed E-state index contributed by atoms with van der Waals surface area (Å²) in [6.45, 7) is 3.95. The molecule has 0 amide bonds. The molecule has 0 radical (unpaired) electrons. The molecule has 1 aliphatic carbocycles. The molecule has 0 spiro atoms. The lowest BCUT2D eigenvalue weighted by Gasteiger charge is -2.19. The fraction of sp³-hybridized carbons (Fsp3) is 0.269. The van der Waals surface area contributed by atoms with Gasteiger partial charge in [-0.1, -0.05) is 23.8 Å². The third-order valence-electron chi connectivity index (χ3n) is 6.38. The summed E-state index contributed by atoms with van der Waals surface area (Å²) < 4.78 is 18.6. The van der Waals surface area contributed by atoms with Gasteiger partial charge >= 0.3 is 5.69 Å². The van der Waals surface area contributed by atoms with Gasteiger partial charge in [0.15, 0.2) is 0 Å². The van der Waals surface area contributed by atoms with Crippen molar-refractivity contribution in [2.75, 3.05) is 16.3 Å². The van der Waals surface area contributed by atoms with E-state index < -0.39 is 22.2 Å². The predicted octanol–water partition coefficient (Wildman–Crippen LogP) is 3.25. The van der Waals surface area contributed by atoms with Crippen LogP contribution in [0.1, 0.15) is 30.0 Å². The number of nitrogens with one attached hydrogen (secondary N) is 2. The van der Waals surface area contributed by atoms with Gasteiger partial charge in [-0.15, -0.1) is 0 Å². The molecule has 5 rings (SSSR count). The monoisotopic (exact) mass is 505 g/mol. The van der Waals surface area contributed by atoms with Crippen LogP contribution in [0.25, 0.3) is 16.7 Å². The second kappa shape index (κ2) is 8.94. The number of nitrogens with zero attached hydrogens (tertiary/aromatic N) is 3. The van der Waals surface area contributed by atoms with Crippen molar-refractivity contribution >= 4 is 39.1 Å². The fourth-order valence-corrected chi connectivity index (χ4v) is 4.98. The number of aryl methyl sites for hydroxylation is 3. The molecule has 2 heterocycles. The third kappa shape index (κ3) is 4.17. The highest BCUT2D eigenvalue weighted by molar-refractivity contribution is 7.85. The first-order valence-electron chi connectivity index (χ1n) is 11.6. The van der Waals surface area contributed by atoms with Gasteiger partial charge in [0.05, 0.1) is 11.4 Å². The van der Waals surface area contributed by atoms with Crippen LogP contribution < -0.4 is 26.8 Å². The second-order valence-electron chi connectivity index (χ2n) is 9.23. The average molecular weight is 506 g/mol. The maximum absolute atomic E-state index is 13.8. The Kier molecular flexibility index (Phi) is 5.91. The van der Waals surface area contributed by atoms with E-state index in [9.17, 15) is 18.6 Å². The largest absolute Gasteiger partial charge is 0.354 e. The molecule has 2 aromatic carbocycles. The SMILES string of the molecule is Cc1ccc(Nc2cc(=O)n(C)c3c2c(=O)n(C2CC2)c(=O)n3-c2cccc(NS(C)=O)c2)c(C)c1. The Morgan fingerprint density at radius 3 is 2.39 bits per heavy atom. The molecule has 0 saturated heterocycles. The predicted molar refractivity (Wildman–Crippen MR) is 144 cm³/mol. The first kappa shape index (κ1) is 23.8. The van der Waals surface area contributed by atoms with E-state index in [4.69, 9.17) is 0 Å². The van der Waals surface area contributed by atoms with E-state index in [-0.39, 0.29) is 22.6 Å². The molecule has 1 unspecified atom stereocenters. The van der Waals surface area contributed by atoms with Crippen molar-refractivity contribution in [3.8, 4) is 5.69 Å². The molecule has 9 nitrogen and oxygen atoms in total. The summed E-state index contributed by atoms with van der Waals surface area (Å²) in [6, 6.07) is 14.0. The van der Waals surface area contributed by atoms with Crippen LogP contribution in [0.2, 0.25) is 0 Å².